The van der Waals surface area contributed by atoms with Gasteiger partial charge < -0.3 is 14.8 Å². The largest absolute Gasteiger partial charge is 0.439 e. The minimum atomic E-state index is -0.803. The van der Waals surface area contributed by atoms with Gasteiger partial charge in [-0.1, -0.05) is 29.8 Å². The number of nitrogens with one attached hydrogen (secondary N) is 2. The number of aliphatic imine (C=N–C) groups is 1. The van der Waals surface area contributed by atoms with Crippen LogP contribution >= 0.6 is 11.6 Å². The zero-order valence-electron chi connectivity index (χ0n) is 17.5. The predicted molar refractivity (Wildman–Crippen MR) is 123 cm³/mol. The van der Waals surface area contributed by atoms with E-state index in [1.54, 1.807) is 54.6 Å². The number of carbonyl (C=O) groups excluding carboxylic acids is 1. The Balaban J connectivity index is 1.50. The smallest absolute Gasteiger partial charge is 0.328 e. The number of pyridine rings is 1. The number of benzene rings is 2. The fourth-order valence-electron chi connectivity index (χ4n) is 3.01. The number of ether oxygens (including phenoxy) is 2. The van der Waals surface area contributed by atoms with Crippen molar-refractivity contribution in [1.82, 2.24) is 15.2 Å². The van der Waals surface area contributed by atoms with E-state index in [1.165, 1.54) is 12.0 Å². The van der Waals surface area contributed by atoms with E-state index in [0.29, 0.717) is 28.3 Å². The Morgan fingerprint density at radius 3 is 2.61 bits per heavy atom. The molecule has 1 aliphatic rings. The van der Waals surface area contributed by atoms with Crippen LogP contribution in [0.15, 0.2) is 71.7 Å². The van der Waals surface area contributed by atoms with Gasteiger partial charge in [0.15, 0.2) is 0 Å². The highest BCUT2D eigenvalue weighted by Gasteiger charge is 2.28. The highest BCUT2D eigenvalue weighted by atomic mass is 35.5. The third kappa shape index (κ3) is 5.57. The van der Waals surface area contributed by atoms with E-state index < -0.39 is 6.35 Å². The molecule has 0 saturated heterocycles. The molecular weight excluding hydrogens is 444 g/mol. The molecule has 0 aliphatic carbocycles. The van der Waals surface area contributed by atoms with Crippen LogP contribution in [0, 0.1) is 11.3 Å². The summed E-state index contributed by atoms with van der Waals surface area (Å²) in [6.07, 6.45) is -0.803. The number of rotatable bonds is 6. The Bertz CT molecular complexity index is 1210. The number of carbonyl (C=O) groups is 1. The summed E-state index contributed by atoms with van der Waals surface area (Å²) in [4.78, 5) is 22.7. The van der Waals surface area contributed by atoms with Gasteiger partial charge >= 0.3 is 6.03 Å². The van der Waals surface area contributed by atoms with Crippen LogP contribution < -0.4 is 15.4 Å². The topological polar surface area (TPSA) is 112 Å². The number of nitriles is 1. The zero-order valence-corrected chi connectivity index (χ0v) is 18.3. The van der Waals surface area contributed by atoms with E-state index in [2.05, 4.69) is 20.6 Å². The molecule has 1 aromatic heterocycles. The summed E-state index contributed by atoms with van der Waals surface area (Å²) in [5.74, 6) is 1.19. The molecule has 10 heteroatoms. The number of nitrogens with zero attached hydrogens (tertiary/aromatic N) is 4. The van der Waals surface area contributed by atoms with Crippen molar-refractivity contribution >= 4 is 29.3 Å². The number of aromatic nitrogens is 1. The van der Waals surface area contributed by atoms with Crippen molar-refractivity contribution in [2.45, 2.75) is 12.9 Å². The van der Waals surface area contributed by atoms with E-state index in [-0.39, 0.29) is 18.3 Å². The minimum Gasteiger partial charge on any atom is -0.439 e. The molecular formula is C23H19ClN6O3. The maximum Gasteiger partial charge on any atom is 0.328 e. The number of hydrogen-bond acceptors (Lipinski definition) is 7. The number of methoxy groups -OCH3 is 1. The van der Waals surface area contributed by atoms with Crippen molar-refractivity contribution in [3.63, 3.8) is 0 Å². The summed E-state index contributed by atoms with van der Waals surface area (Å²) in [6.45, 7) is 0.285. The normalized spacial score (nSPS) is 15.3. The van der Waals surface area contributed by atoms with Crippen LogP contribution in [0.25, 0.3) is 0 Å². The van der Waals surface area contributed by atoms with Crippen LogP contribution in [0.3, 0.4) is 0 Å². The fourth-order valence-corrected chi connectivity index (χ4v) is 3.14. The summed E-state index contributed by atoms with van der Waals surface area (Å²) < 4.78 is 10.9. The van der Waals surface area contributed by atoms with E-state index in [4.69, 9.17) is 26.3 Å². The Hall–Kier alpha value is -4.13. The third-order valence-electron chi connectivity index (χ3n) is 4.64. The van der Waals surface area contributed by atoms with Crippen molar-refractivity contribution in [2.75, 3.05) is 12.4 Å². The van der Waals surface area contributed by atoms with Gasteiger partial charge in [-0.15, -0.1) is 0 Å². The monoisotopic (exact) mass is 462 g/mol. The second-order valence-corrected chi connectivity index (χ2v) is 7.36. The summed E-state index contributed by atoms with van der Waals surface area (Å²) in [5, 5.41) is 15.4. The maximum absolute atomic E-state index is 12.7. The summed E-state index contributed by atoms with van der Waals surface area (Å²) in [6, 6.07) is 20.8. The number of urea groups is 1. The van der Waals surface area contributed by atoms with Crippen molar-refractivity contribution in [3.05, 3.63) is 83.0 Å². The molecule has 2 N–H and O–H groups in total. The van der Waals surface area contributed by atoms with Crippen molar-refractivity contribution in [3.8, 4) is 17.7 Å². The highest BCUT2D eigenvalue weighted by Crippen LogP contribution is 2.23. The molecule has 0 bridgehead atoms. The first-order valence-electron chi connectivity index (χ1n) is 9.89. The first kappa shape index (κ1) is 22.1. The van der Waals surface area contributed by atoms with Crippen LogP contribution in [-0.4, -0.2) is 35.3 Å². The average molecular weight is 463 g/mol. The van der Waals surface area contributed by atoms with Gasteiger partial charge in [-0.25, -0.2) is 9.78 Å². The SMILES string of the molecule is COC1N=C(Nc2ccc(Oc3cccc(C#N)n3)cc2)N(Cc2ccc(Cl)cc2)C(=O)N1. The van der Waals surface area contributed by atoms with Crippen molar-refractivity contribution in [2.24, 2.45) is 4.99 Å². The Labute approximate surface area is 195 Å². The van der Waals surface area contributed by atoms with E-state index in [9.17, 15) is 4.79 Å². The minimum absolute atomic E-state index is 0.271. The summed E-state index contributed by atoms with van der Waals surface area (Å²) >= 11 is 5.96. The van der Waals surface area contributed by atoms with Gasteiger partial charge in [-0.05, 0) is 48.0 Å². The molecule has 0 saturated carbocycles. The lowest BCUT2D eigenvalue weighted by molar-refractivity contribution is 0.0770. The molecule has 0 radical (unpaired) electrons. The second-order valence-electron chi connectivity index (χ2n) is 6.93. The van der Waals surface area contributed by atoms with Gasteiger partial charge in [0.2, 0.25) is 18.2 Å². The fraction of sp³-hybridized carbons (Fsp3) is 0.130. The van der Waals surface area contributed by atoms with Gasteiger partial charge in [0, 0.05) is 23.9 Å². The van der Waals surface area contributed by atoms with Gasteiger partial charge in [0.25, 0.3) is 0 Å². The van der Waals surface area contributed by atoms with Gasteiger partial charge in [-0.2, -0.15) is 10.3 Å². The molecule has 9 nitrogen and oxygen atoms in total. The molecule has 4 rings (SSSR count). The number of guanidine groups is 1. The lowest BCUT2D eigenvalue weighted by atomic mass is 10.2. The van der Waals surface area contributed by atoms with E-state index >= 15 is 0 Å². The van der Waals surface area contributed by atoms with Gasteiger partial charge in [0.1, 0.15) is 17.5 Å². The Morgan fingerprint density at radius 1 is 1.15 bits per heavy atom. The van der Waals surface area contributed by atoms with E-state index in [1.807, 2.05) is 18.2 Å². The number of hydrogen-bond donors (Lipinski definition) is 2. The third-order valence-corrected chi connectivity index (χ3v) is 4.89. The number of amides is 2. The van der Waals surface area contributed by atoms with Crippen LogP contribution in [0.1, 0.15) is 11.3 Å². The highest BCUT2D eigenvalue weighted by molar-refractivity contribution is 6.30. The molecule has 2 heterocycles. The van der Waals surface area contributed by atoms with Crippen LogP contribution in [0.4, 0.5) is 10.5 Å². The van der Waals surface area contributed by atoms with E-state index in [0.717, 1.165) is 5.56 Å². The molecule has 0 fully saturated rings. The van der Waals surface area contributed by atoms with Crippen LogP contribution in [-0.2, 0) is 11.3 Å². The lowest BCUT2D eigenvalue weighted by Gasteiger charge is -2.31. The molecule has 1 atom stereocenters. The van der Waals surface area contributed by atoms with Gasteiger partial charge in [0.05, 0.1) is 6.54 Å². The molecule has 33 heavy (non-hydrogen) atoms. The predicted octanol–water partition coefficient (Wildman–Crippen LogP) is 4.32. The molecule has 166 valence electrons. The molecule has 3 aromatic rings. The van der Waals surface area contributed by atoms with Crippen LogP contribution in [0.5, 0.6) is 11.6 Å². The average Bonchev–Trinajstić information content (AvgIpc) is 2.83. The Kier molecular flexibility index (Phi) is 6.69. The van der Waals surface area contributed by atoms with Gasteiger partial charge in [-0.3, -0.25) is 10.2 Å². The van der Waals surface area contributed by atoms with Crippen molar-refractivity contribution in [1.29, 1.82) is 5.26 Å². The molecule has 2 aromatic carbocycles. The van der Waals surface area contributed by atoms with Crippen molar-refractivity contribution < 1.29 is 14.3 Å². The maximum atomic E-state index is 12.7. The lowest BCUT2D eigenvalue weighted by Crippen LogP contribution is -2.54. The second kappa shape index (κ2) is 9.99. The first-order valence-corrected chi connectivity index (χ1v) is 10.3. The molecule has 0 spiro atoms. The number of anilines is 1. The standard InChI is InChI=1S/C23H19ClN6O3/c1-32-22-28-21(30(23(31)29-22)14-15-5-7-16(24)8-6-15)27-17-9-11-19(12-10-17)33-20-4-2-3-18(13-25)26-20/h2-12,22H,14H2,1H3,(H,27,28)(H,29,31). The summed E-state index contributed by atoms with van der Waals surface area (Å²) in [7, 11) is 1.46. The molecule has 1 aliphatic heterocycles. The zero-order chi connectivity index (χ0) is 23.2. The number of halogens is 1. The molecule has 1 unspecified atom stereocenters. The Morgan fingerprint density at radius 2 is 1.91 bits per heavy atom. The van der Waals surface area contributed by atoms with Crippen LogP contribution in [0.2, 0.25) is 5.02 Å². The molecule has 2 amide bonds. The quantitative estimate of drug-likeness (QED) is 0.564. The summed E-state index contributed by atoms with van der Waals surface area (Å²) in [5.41, 5.74) is 1.84. The first-order chi connectivity index (χ1) is 16.0.